The van der Waals surface area contributed by atoms with Crippen LogP contribution in [0.25, 0.3) is 0 Å². The van der Waals surface area contributed by atoms with Gasteiger partial charge in [0.05, 0.1) is 0 Å². The van der Waals surface area contributed by atoms with Gasteiger partial charge in [0, 0.05) is 0 Å². The van der Waals surface area contributed by atoms with E-state index in [4.69, 9.17) is 0 Å². The molecule has 0 unspecified atom stereocenters. The normalized spacial score (nSPS) is 13.4. The van der Waals surface area contributed by atoms with Gasteiger partial charge in [-0.05, 0) is 0 Å². The summed E-state index contributed by atoms with van der Waals surface area (Å²) in [4.78, 5) is 0. The van der Waals surface area contributed by atoms with Gasteiger partial charge in [0.1, 0.15) is 0 Å². The quantitative estimate of drug-likeness (QED) is 0.483. The van der Waals surface area contributed by atoms with Crippen molar-refractivity contribution in [1.29, 1.82) is 0 Å². The summed E-state index contributed by atoms with van der Waals surface area (Å²) in [5.74, 6) is 3.67. The molecule has 0 aliphatic carbocycles. The van der Waals surface area contributed by atoms with Crippen LogP contribution in [-0.4, -0.2) is 0 Å². The average molecular weight is 320 g/mol. The molecule has 0 aliphatic rings. The van der Waals surface area contributed by atoms with Crippen LogP contribution in [0, 0.1) is 23.7 Å². The summed E-state index contributed by atoms with van der Waals surface area (Å²) in [7, 11) is 0. The summed E-state index contributed by atoms with van der Waals surface area (Å²) in [5.41, 5.74) is 0. The first-order chi connectivity index (χ1) is 7.67. The molecule has 17 heavy (non-hydrogen) atoms. The fourth-order valence-corrected chi connectivity index (χ4v) is 23.5. The van der Waals surface area contributed by atoms with Crippen LogP contribution in [0.3, 0.4) is 0 Å². The van der Waals surface area contributed by atoms with Crippen molar-refractivity contribution >= 4 is 0 Å². The van der Waals surface area contributed by atoms with Crippen molar-refractivity contribution in [1.82, 2.24) is 0 Å². The second-order valence-electron chi connectivity index (χ2n) is 7.89. The molecule has 0 aromatic heterocycles. The Hall–Kier alpha value is 0.883. The van der Waals surface area contributed by atoms with E-state index in [2.05, 4.69) is 55.4 Å². The summed E-state index contributed by atoms with van der Waals surface area (Å²) in [6, 6.07) is 0. The van der Waals surface area contributed by atoms with E-state index in [1.54, 1.807) is 16.5 Å². The van der Waals surface area contributed by atoms with Gasteiger partial charge in [-0.3, -0.25) is 0 Å². The monoisotopic (exact) mass is 318 g/mol. The van der Waals surface area contributed by atoms with E-state index in [1.807, 2.05) is 0 Å². The Labute approximate surface area is 115 Å². The molecule has 0 bridgehead atoms. The van der Waals surface area contributed by atoms with Crippen LogP contribution in [0.15, 0.2) is 0 Å². The van der Waals surface area contributed by atoms with Gasteiger partial charge in [0.15, 0.2) is 0 Å². The van der Waals surface area contributed by atoms with Gasteiger partial charge in [0.2, 0.25) is 0 Å². The van der Waals surface area contributed by atoms with E-state index in [1.165, 1.54) is 0 Å². The van der Waals surface area contributed by atoms with Crippen LogP contribution in [0.1, 0.15) is 55.4 Å². The van der Waals surface area contributed by atoms with Gasteiger partial charge in [-0.1, -0.05) is 0 Å². The molecule has 0 spiro atoms. The predicted octanol–water partition coefficient (Wildman–Crippen LogP) is 6.44. The van der Waals surface area contributed by atoms with E-state index >= 15 is 0 Å². The first-order valence-corrected chi connectivity index (χ1v) is 14.6. The van der Waals surface area contributed by atoms with E-state index in [-0.39, 0.29) is 0 Å². The molecule has 0 aromatic carbocycles. The fourth-order valence-electron chi connectivity index (χ4n) is 3.96. The summed E-state index contributed by atoms with van der Waals surface area (Å²) in [6.45, 7) is 19.5. The maximum absolute atomic E-state index is 2.44. The van der Waals surface area contributed by atoms with Crippen LogP contribution < -0.4 is 0 Å². The van der Waals surface area contributed by atoms with Gasteiger partial charge in [-0.15, -0.1) is 0 Å². The molecule has 0 fully saturated rings. The van der Waals surface area contributed by atoms with Crippen molar-refractivity contribution in [3.8, 4) is 0 Å². The molecule has 1 heteroatoms. The number of hydrogen-bond acceptors (Lipinski definition) is 0. The predicted molar refractivity (Wildman–Crippen MR) is 78.6 cm³/mol. The van der Waals surface area contributed by atoms with Crippen LogP contribution in [0.5, 0.6) is 0 Å². The van der Waals surface area contributed by atoms with Crippen molar-refractivity contribution in [3.63, 3.8) is 0 Å². The summed E-state index contributed by atoms with van der Waals surface area (Å²) in [5, 5.41) is 0. The van der Waals surface area contributed by atoms with Gasteiger partial charge < -0.3 is 0 Å². The van der Waals surface area contributed by atoms with Gasteiger partial charge in [-0.2, -0.15) is 0 Å². The molecule has 0 atom stereocenters. The summed E-state index contributed by atoms with van der Waals surface area (Å²) >= 11 is -1.89. The Morgan fingerprint density at radius 2 is 0.647 bits per heavy atom. The van der Waals surface area contributed by atoms with Gasteiger partial charge >= 0.3 is 116 Å². The zero-order valence-electron chi connectivity index (χ0n) is 13.6. The number of hydrogen-bond donors (Lipinski definition) is 0. The van der Waals surface area contributed by atoms with Crippen LogP contribution in [0.2, 0.25) is 16.5 Å². The molecule has 0 aromatic rings. The van der Waals surface area contributed by atoms with Crippen LogP contribution in [0.4, 0.5) is 0 Å². The minimum atomic E-state index is -1.89. The Balaban J connectivity index is 4.89. The molecule has 0 saturated carbocycles. The van der Waals surface area contributed by atoms with E-state index in [0.29, 0.717) is 0 Å². The van der Waals surface area contributed by atoms with Crippen LogP contribution in [-0.2, 0) is 20.3 Å². The fraction of sp³-hybridized carbons (Fsp3) is 1.00. The maximum atomic E-state index is 2.44. The first-order valence-electron chi connectivity index (χ1n) is 7.67. The second kappa shape index (κ2) is 8.13. The molecule has 0 heterocycles. The minimum absolute atomic E-state index is 0.919. The molecule has 0 radical (unpaired) electrons. The Kier molecular flexibility index (Phi) is 8.56. The molecular formula is C16H36Zr. The van der Waals surface area contributed by atoms with Crippen LogP contribution >= 0.6 is 0 Å². The molecule has 104 valence electrons. The summed E-state index contributed by atoms with van der Waals surface area (Å²) < 4.78 is 6.46. The molecule has 0 N–H and O–H groups in total. The topological polar surface area (TPSA) is 0 Å². The molecular weight excluding hydrogens is 283 g/mol. The van der Waals surface area contributed by atoms with E-state index in [9.17, 15) is 0 Å². The molecule has 0 rings (SSSR count). The SMILES string of the molecule is CC(C)[CH2][Zr]([CH2]C(C)C)([CH2]C(C)C)[CH2]C(C)C. The molecule has 0 nitrogen and oxygen atoms in total. The third-order valence-corrected chi connectivity index (χ3v) is 19.9. The standard InChI is InChI=1S/4C4H9.Zr/c4*1-4(2)3;/h4*4H,1H2,2-3H3;. The zero-order chi connectivity index (χ0) is 13.6. The van der Waals surface area contributed by atoms with Crippen molar-refractivity contribution in [2.45, 2.75) is 71.9 Å². The van der Waals surface area contributed by atoms with E-state index < -0.39 is 20.3 Å². The third kappa shape index (κ3) is 8.58. The first kappa shape index (κ1) is 17.9. The Morgan fingerprint density at radius 3 is 0.765 bits per heavy atom. The molecule has 0 amide bonds. The summed E-state index contributed by atoms with van der Waals surface area (Å²) in [6.07, 6.45) is 0. The number of rotatable bonds is 8. The Bertz CT molecular complexity index is 146. The van der Waals surface area contributed by atoms with E-state index in [0.717, 1.165) is 23.7 Å². The third-order valence-electron chi connectivity index (χ3n) is 3.37. The van der Waals surface area contributed by atoms with Crippen molar-refractivity contribution in [3.05, 3.63) is 0 Å². The second-order valence-corrected chi connectivity index (χ2v) is 19.3. The molecule has 0 saturated heterocycles. The van der Waals surface area contributed by atoms with Crippen molar-refractivity contribution in [2.75, 3.05) is 0 Å². The van der Waals surface area contributed by atoms with Crippen molar-refractivity contribution in [2.24, 2.45) is 23.7 Å². The van der Waals surface area contributed by atoms with Gasteiger partial charge in [0.25, 0.3) is 0 Å². The Morgan fingerprint density at radius 1 is 0.471 bits per heavy atom. The van der Waals surface area contributed by atoms with Gasteiger partial charge in [-0.25, -0.2) is 0 Å². The average Bonchev–Trinajstić information content (AvgIpc) is 1.95. The zero-order valence-corrected chi connectivity index (χ0v) is 16.1. The molecule has 0 aliphatic heterocycles. The van der Waals surface area contributed by atoms with Crippen molar-refractivity contribution < 1.29 is 20.3 Å².